The van der Waals surface area contributed by atoms with Crippen molar-refractivity contribution in [3.8, 4) is 11.5 Å². The van der Waals surface area contributed by atoms with E-state index in [9.17, 15) is 14.7 Å². The minimum Gasteiger partial charge on any atom is -0.492 e. The van der Waals surface area contributed by atoms with Gasteiger partial charge in [-0.1, -0.05) is 54.1 Å². The second kappa shape index (κ2) is 9.06. The zero-order chi connectivity index (χ0) is 19.9. The highest BCUT2D eigenvalue weighted by Gasteiger charge is 2.19. The first-order chi connectivity index (χ1) is 13.5. The summed E-state index contributed by atoms with van der Waals surface area (Å²) in [5.74, 6) is -1.66. The molecule has 0 saturated heterocycles. The molecule has 0 heterocycles. The van der Waals surface area contributed by atoms with Gasteiger partial charge in [-0.15, -0.1) is 0 Å². The molecular weight excluding hydrogens is 380 g/mol. The molecule has 0 radical (unpaired) electrons. The Hall–Kier alpha value is -3.31. The van der Waals surface area contributed by atoms with Gasteiger partial charge in [0.25, 0.3) is 0 Å². The first-order valence-corrected chi connectivity index (χ1v) is 8.93. The van der Waals surface area contributed by atoms with Crippen LogP contribution in [0.5, 0.6) is 11.5 Å². The number of benzene rings is 3. The highest BCUT2D eigenvalue weighted by Crippen LogP contribution is 2.26. The molecule has 3 aromatic carbocycles. The van der Waals surface area contributed by atoms with Gasteiger partial charge in [0.2, 0.25) is 0 Å². The third-order valence-corrected chi connectivity index (χ3v) is 4.21. The summed E-state index contributed by atoms with van der Waals surface area (Å²) >= 11 is 5.82. The van der Waals surface area contributed by atoms with Crippen LogP contribution in [0.15, 0.2) is 72.8 Å². The molecule has 0 aromatic heterocycles. The number of rotatable bonds is 7. The van der Waals surface area contributed by atoms with E-state index in [4.69, 9.17) is 21.1 Å². The van der Waals surface area contributed by atoms with Crippen molar-refractivity contribution in [2.45, 2.75) is 6.42 Å². The average molecular weight is 397 g/mol. The van der Waals surface area contributed by atoms with Crippen molar-refractivity contribution in [2.75, 3.05) is 6.61 Å². The van der Waals surface area contributed by atoms with Crippen LogP contribution in [0.1, 0.15) is 26.3 Å². The lowest BCUT2D eigenvalue weighted by Crippen LogP contribution is -2.14. The zero-order valence-electron chi connectivity index (χ0n) is 14.8. The molecule has 0 saturated carbocycles. The molecule has 142 valence electrons. The number of hydrogen-bond acceptors (Lipinski definition) is 4. The lowest BCUT2D eigenvalue weighted by atomic mass is 10.1. The Kier molecular flexibility index (Phi) is 6.29. The molecule has 6 heteroatoms. The van der Waals surface area contributed by atoms with Crippen molar-refractivity contribution in [1.29, 1.82) is 0 Å². The quantitative estimate of drug-likeness (QED) is 0.455. The predicted molar refractivity (Wildman–Crippen MR) is 105 cm³/mol. The van der Waals surface area contributed by atoms with Crippen LogP contribution >= 0.6 is 11.6 Å². The number of para-hydroxylation sites is 1. The Labute approximate surface area is 167 Å². The van der Waals surface area contributed by atoms with Crippen LogP contribution in [0.25, 0.3) is 0 Å². The molecule has 3 rings (SSSR count). The molecule has 5 nitrogen and oxygen atoms in total. The summed E-state index contributed by atoms with van der Waals surface area (Å²) in [6.45, 7) is 0.385. The van der Waals surface area contributed by atoms with Crippen LogP contribution in [0.2, 0.25) is 5.02 Å². The molecule has 0 unspecified atom stereocenters. The summed E-state index contributed by atoms with van der Waals surface area (Å²) in [4.78, 5) is 24.0. The Bertz CT molecular complexity index is 985. The summed E-state index contributed by atoms with van der Waals surface area (Å²) in [6.07, 6.45) is 0.685. The van der Waals surface area contributed by atoms with Crippen LogP contribution in [0, 0.1) is 0 Å². The number of hydrogen-bond donors (Lipinski definition) is 1. The van der Waals surface area contributed by atoms with Gasteiger partial charge >= 0.3 is 11.9 Å². The minimum absolute atomic E-state index is 0.0824. The molecule has 1 N–H and O–H groups in total. The molecule has 28 heavy (non-hydrogen) atoms. The maximum atomic E-state index is 12.6. The Balaban J connectivity index is 1.73. The summed E-state index contributed by atoms with van der Waals surface area (Å²) in [6, 6.07) is 20.5. The summed E-state index contributed by atoms with van der Waals surface area (Å²) in [5, 5.41) is 9.52. The van der Waals surface area contributed by atoms with Gasteiger partial charge in [0, 0.05) is 11.4 Å². The van der Waals surface area contributed by atoms with E-state index in [1.807, 2.05) is 30.3 Å². The van der Waals surface area contributed by atoms with Crippen molar-refractivity contribution in [2.24, 2.45) is 0 Å². The van der Waals surface area contributed by atoms with Crippen LogP contribution in [0.3, 0.4) is 0 Å². The Morgan fingerprint density at radius 2 is 1.57 bits per heavy atom. The van der Waals surface area contributed by atoms with Gasteiger partial charge in [0.1, 0.15) is 22.6 Å². The standard InChI is InChI=1S/C22H17ClO5/c23-16-10-11-20(18(14-16)21(24)25)28-22(26)17-8-4-5-9-19(17)27-13-12-15-6-2-1-3-7-15/h1-11,14H,12-13H2,(H,24,25). The van der Waals surface area contributed by atoms with Crippen LogP contribution < -0.4 is 9.47 Å². The number of halogens is 1. The maximum Gasteiger partial charge on any atom is 0.347 e. The first kappa shape index (κ1) is 19.5. The summed E-state index contributed by atoms with van der Waals surface area (Å²) in [5.41, 5.74) is 1.14. The SMILES string of the molecule is O=C(O)c1cc(Cl)ccc1OC(=O)c1ccccc1OCCc1ccccc1. The third-order valence-electron chi connectivity index (χ3n) is 3.97. The molecule has 0 amide bonds. The molecule has 0 atom stereocenters. The van der Waals surface area contributed by atoms with E-state index in [1.54, 1.807) is 24.3 Å². The van der Waals surface area contributed by atoms with Crippen molar-refractivity contribution >= 4 is 23.5 Å². The number of carbonyl (C=O) groups excluding carboxylic acids is 1. The zero-order valence-corrected chi connectivity index (χ0v) is 15.6. The van der Waals surface area contributed by atoms with Crippen molar-refractivity contribution < 1.29 is 24.2 Å². The number of aromatic carboxylic acids is 1. The molecule has 0 bridgehead atoms. The smallest absolute Gasteiger partial charge is 0.347 e. The van der Waals surface area contributed by atoms with E-state index in [-0.39, 0.29) is 21.9 Å². The second-order valence-electron chi connectivity index (χ2n) is 5.92. The van der Waals surface area contributed by atoms with Gasteiger partial charge in [0.15, 0.2) is 0 Å². The van der Waals surface area contributed by atoms with Crippen LogP contribution in [-0.2, 0) is 6.42 Å². The van der Waals surface area contributed by atoms with E-state index in [0.29, 0.717) is 18.8 Å². The normalized spacial score (nSPS) is 10.3. The maximum absolute atomic E-state index is 12.6. The monoisotopic (exact) mass is 396 g/mol. The van der Waals surface area contributed by atoms with Gasteiger partial charge in [-0.05, 0) is 35.9 Å². The fraction of sp³-hybridized carbons (Fsp3) is 0.0909. The van der Waals surface area contributed by atoms with E-state index >= 15 is 0 Å². The van der Waals surface area contributed by atoms with Crippen molar-refractivity contribution in [3.63, 3.8) is 0 Å². The summed E-state index contributed by atoms with van der Waals surface area (Å²) in [7, 11) is 0. The number of esters is 1. The lowest BCUT2D eigenvalue weighted by molar-refractivity contribution is 0.0680. The molecule has 0 aliphatic heterocycles. The second-order valence-corrected chi connectivity index (χ2v) is 6.35. The van der Waals surface area contributed by atoms with Crippen LogP contribution in [-0.4, -0.2) is 23.7 Å². The van der Waals surface area contributed by atoms with Gasteiger partial charge in [0.05, 0.1) is 6.61 Å². The van der Waals surface area contributed by atoms with E-state index in [0.717, 1.165) is 5.56 Å². The van der Waals surface area contributed by atoms with E-state index < -0.39 is 11.9 Å². The van der Waals surface area contributed by atoms with E-state index in [1.165, 1.54) is 18.2 Å². The fourth-order valence-electron chi connectivity index (χ4n) is 2.60. The number of carboxylic acid groups (broad SMARTS) is 1. The first-order valence-electron chi connectivity index (χ1n) is 8.55. The van der Waals surface area contributed by atoms with Crippen LogP contribution in [0.4, 0.5) is 0 Å². The number of carbonyl (C=O) groups is 2. The lowest BCUT2D eigenvalue weighted by Gasteiger charge is -2.12. The molecule has 0 fully saturated rings. The molecular formula is C22H17ClO5. The fourth-order valence-corrected chi connectivity index (χ4v) is 2.77. The van der Waals surface area contributed by atoms with Gasteiger partial charge < -0.3 is 14.6 Å². The average Bonchev–Trinajstić information content (AvgIpc) is 2.70. The minimum atomic E-state index is -1.24. The van der Waals surface area contributed by atoms with Crippen molar-refractivity contribution in [1.82, 2.24) is 0 Å². The summed E-state index contributed by atoms with van der Waals surface area (Å²) < 4.78 is 11.1. The third kappa shape index (κ3) is 4.90. The largest absolute Gasteiger partial charge is 0.492 e. The topological polar surface area (TPSA) is 72.8 Å². The van der Waals surface area contributed by atoms with Gasteiger partial charge in [-0.2, -0.15) is 0 Å². The van der Waals surface area contributed by atoms with E-state index in [2.05, 4.69) is 0 Å². The molecule has 0 aliphatic rings. The Morgan fingerprint density at radius 3 is 2.32 bits per heavy atom. The van der Waals surface area contributed by atoms with Crippen molar-refractivity contribution in [3.05, 3.63) is 94.5 Å². The highest BCUT2D eigenvalue weighted by molar-refractivity contribution is 6.31. The molecule has 0 aliphatic carbocycles. The number of carboxylic acids is 1. The molecule has 0 spiro atoms. The Morgan fingerprint density at radius 1 is 0.857 bits per heavy atom. The highest BCUT2D eigenvalue weighted by atomic mass is 35.5. The van der Waals surface area contributed by atoms with Gasteiger partial charge in [-0.25, -0.2) is 9.59 Å². The molecule has 3 aromatic rings. The predicted octanol–water partition coefficient (Wildman–Crippen LogP) is 4.88. The van der Waals surface area contributed by atoms with Gasteiger partial charge in [-0.3, -0.25) is 0 Å². The number of ether oxygens (including phenoxy) is 2.